The lowest BCUT2D eigenvalue weighted by molar-refractivity contribution is 0.262. The van der Waals surface area contributed by atoms with Crippen LogP contribution in [0.25, 0.3) is 0 Å². The molecule has 1 rings (SSSR count). The summed E-state index contributed by atoms with van der Waals surface area (Å²) in [5.74, 6) is 0.991. The lowest BCUT2D eigenvalue weighted by atomic mass is 10.1. The molecule has 0 saturated heterocycles. The Labute approximate surface area is 124 Å². The number of nitrogens with zero attached hydrogens (tertiary/aromatic N) is 1. The highest BCUT2D eigenvalue weighted by molar-refractivity contribution is 5.35. The number of likely N-dealkylation sites (N-methyl/N-ethyl adjacent to an activating group) is 1. The van der Waals surface area contributed by atoms with Crippen molar-refractivity contribution in [2.24, 2.45) is 0 Å². The maximum atomic E-state index is 5.71. The summed E-state index contributed by atoms with van der Waals surface area (Å²) in [6, 6.07) is 9.05. The fraction of sp³-hybridized carbons (Fsp3) is 0.647. The second kappa shape index (κ2) is 8.98. The zero-order chi connectivity index (χ0) is 15.0. The average molecular weight is 278 g/mol. The van der Waals surface area contributed by atoms with Crippen molar-refractivity contribution in [3.63, 3.8) is 0 Å². The van der Waals surface area contributed by atoms with Crippen LogP contribution in [0.15, 0.2) is 24.3 Å². The van der Waals surface area contributed by atoms with Crippen molar-refractivity contribution in [3.8, 4) is 5.75 Å². The summed E-state index contributed by atoms with van der Waals surface area (Å²) >= 11 is 0. The van der Waals surface area contributed by atoms with Crippen LogP contribution in [0.2, 0.25) is 0 Å². The third kappa shape index (κ3) is 5.14. The van der Waals surface area contributed by atoms with E-state index in [4.69, 9.17) is 4.74 Å². The number of hydrogen-bond donors (Lipinski definition) is 1. The van der Waals surface area contributed by atoms with Crippen LogP contribution in [0.4, 0.5) is 0 Å². The molecule has 2 unspecified atom stereocenters. The first-order valence-corrected chi connectivity index (χ1v) is 7.82. The zero-order valence-corrected chi connectivity index (χ0v) is 13.6. The van der Waals surface area contributed by atoms with Gasteiger partial charge >= 0.3 is 0 Å². The molecule has 1 N–H and O–H groups in total. The molecule has 0 aliphatic rings. The van der Waals surface area contributed by atoms with Crippen molar-refractivity contribution < 1.29 is 4.74 Å². The molecule has 20 heavy (non-hydrogen) atoms. The number of para-hydroxylation sites is 1. The van der Waals surface area contributed by atoms with Gasteiger partial charge in [-0.1, -0.05) is 32.0 Å². The van der Waals surface area contributed by atoms with Crippen molar-refractivity contribution in [3.05, 3.63) is 29.8 Å². The van der Waals surface area contributed by atoms with Crippen LogP contribution in [0, 0.1) is 0 Å². The van der Waals surface area contributed by atoms with E-state index in [1.54, 1.807) is 0 Å². The van der Waals surface area contributed by atoms with E-state index in [9.17, 15) is 0 Å². The first kappa shape index (κ1) is 17.0. The predicted molar refractivity (Wildman–Crippen MR) is 86.4 cm³/mol. The Kier molecular flexibility index (Phi) is 7.63. The Hall–Kier alpha value is -1.06. The third-order valence-corrected chi connectivity index (χ3v) is 3.65. The van der Waals surface area contributed by atoms with E-state index in [1.165, 1.54) is 5.56 Å². The van der Waals surface area contributed by atoms with E-state index in [1.807, 2.05) is 19.1 Å². The quantitative estimate of drug-likeness (QED) is 0.748. The molecule has 0 aromatic heterocycles. The monoisotopic (exact) mass is 278 g/mol. The Balaban J connectivity index is 2.63. The Morgan fingerprint density at radius 3 is 2.35 bits per heavy atom. The maximum absolute atomic E-state index is 5.71. The zero-order valence-electron chi connectivity index (χ0n) is 13.6. The number of nitrogens with one attached hydrogen (secondary N) is 1. The molecule has 0 heterocycles. The highest BCUT2D eigenvalue weighted by atomic mass is 16.5. The summed E-state index contributed by atoms with van der Waals surface area (Å²) in [6.07, 6.45) is 0. The van der Waals surface area contributed by atoms with Crippen LogP contribution in [0.3, 0.4) is 0 Å². The van der Waals surface area contributed by atoms with E-state index in [2.05, 4.69) is 50.0 Å². The molecule has 0 spiro atoms. The minimum Gasteiger partial charge on any atom is -0.494 e. The summed E-state index contributed by atoms with van der Waals surface area (Å²) in [5.41, 5.74) is 1.24. The van der Waals surface area contributed by atoms with Crippen LogP contribution in [-0.4, -0.2) is 37.2 Å². The largest absolute Gasteiger partial charge is 0.494 e. The molecule has 0 fully saturated rings. The van der Waals surface area contributed by atoms with Crippen LogP contribution in [0.5, 0.6) is 5.75 Å². The topological polar surface area (TPSA) is 24.5 Å². The number of rotatable bonds is 9. The van der Waals surface area contributed by atoms with Gasteiger partial charge in [0.15, 0.2) is 0 Å². The van der Waals surface area contributed by atoms with Gasteiger partial charge in [-0.3, -0.25) is 0 Å². The van der Waals surface area contributed by atoms with Gasteiger partial charge < -0.3 is 15.0 Å². The first-order chi connectivity index (χ1) is 9.62. The summed E-state index contributed by atoms with van der Waals surface area (Å²) in [5, 5.41) is 3.67. The van der Waals surface area contributed by atoms with Crippen molar-refractivity contribution in [1.82, 2.24) is 10.2 Å². The van der Waals surface area contributed by atoms with Crippen molar-refractivity contribution in [1.29, 1.82) is 0 Å². The van der Waals surface area contributed by atoms with Crippen LogP contribution in [-0.2, 0) is 0 Å². The van der Waals surface area contributed by atoms with Gasteiger partial charge in [0.1, 0.15) is 5.75 Å². The van der Waals surface area contributed by atoms with Crippen molar-refractivity contribution in [2.75, 3.05) is 26.2 Å². The van der Waals surface area contributed by atoms with Gasteiger partial charge in [0.2, 0.25) is 0 Å². The van der Waals surface area contributed by atoms with Crippen molar-refractivity contribution >= 4 is 0 Å². The highest BCUT2D eigenvalue weighted by Gasteiger charge is 2.14. The molecule has 0 radical (unpaired) electrons. The molecule has 1 aromatic rings. The van der Waals surface area contributed by atoms with Crippen molar-refractivity contribution in [2.45, 2.75) is 46.7 Å². The van der Waals surface area contributed by atoms with Gasteiger partial charge in [-0.05, 0) is 39.9 Å². The standard InChI is InChI=1S/C17H30N2O/c1-6-19(7-2)13-14(4)18-15(5)16-11-9-10-12-17(16)20-8-3/h9-12,14-15,18H,6-8,13H2,1-5H3. The normalized spacial score (nSPS) is 14.3. The molecule has 3 nitrogen and oxygen atoms in total. The molecule has 0 aliphatic carbocycles. The summed E-state index contributed by atoms with van der Waals surface area (Å²) in [6.45, 7) is 14.9. The number of hydrogen-bond acceptors (Lipinski definition) is 3. The molecule has 0 aliphatic heterocycles. The van der Waals surface area contributed by atoms with Gasteiger partial charge in [-0.2, -0.15) is 0 Å². The van der Waals surface area contributed by atoms with Crippen LogP contribution in [0.1, 0.15) is 46.2 Å². The molecule has 0 amide bonds. The summed E-state index contributed by atoms with van der Waals surface area (Å²) < 4.78 is 5.71. The van der Waals surface area contributed by atoms with Gasteiger partial charge in [0, 0.05) is 24.2 Å². The second-order valence-electron chi connectivity index (χ2n) is 5.25. The van der Waals surface area contributed by atoms with E-state index in [-0.39, 0.29) is 0 Å². The SMILES string of the molecule is CCOc1ccccc1C(C)NC(C)CN(CC)CC. The third-order valence-electron chi connectivity index (χ3n) is 3.65. The summed E-state index contributed by atoms with van der Waals surface area (Å²) in [7, 11) is 0. The van der Waals surface area contributed by atoms with E-state index in [0.717, 1.165) is 25.4 Å². The van der Waals surface area contributed by atoms with Gasteiger partial charge in [-0.25, -0.2) is 0 Å². The Morgan fingerprint density at radius 2 is 1.75 bits per heavy atom. The molecule has 3 heteroatoms. The van der Waals surface area contributed by atoms with Gasteiger partial charge in [0.05, 0.1) is 6.61 Å². The van der Waals surface area contributed by atoms with Crippen LogP contribution >= 0.6 is 0 Å². The van der Waals surface area contributed by atoms with Crippen LogP contribution < -0.4 is 10.1 Å². The molecule has 114 valence electrons. The lowest BCUT2D eigenvalue weighted by Gasteiger charge is -2.27. The van der Waals surface area contributed by atoms with Gasteiger partial charge in [-0.15, -0.1) is 0 Å². The molecular weight excluding hydrogens is 248 g/mol. The smallest absolute Gasteiger partial charge is 0.124 e. The maximum Gasteiger partial charge on any atom is 0.124 e. The summed E-state index contributed by atoms with van der Waals surface area (Å²) in [4.78, 5) is 2.44. The van der Waals surface area contributed by atoms with E-state index in [0.29, 0.717) is 18.7 Å². The van der Waals surface area contributed by atoms with Gasteiger partial charge in [0.25, 0.3) is 0 Å². The molecule has 0 saturated carbocycles. The molecular formula is C17H30N2O. The minimum atomic E-state index is 0.295. The highest BCUT2D eigenvalue weighted by Crippen LogP contribution is 2.25. The molecule has 1 aromatic carbocycles. The molecule has 0 bridgehead atoms. The van der Waals surface area contributed by atoms with E-state index < -0.39 is 0 Å². The fourth-order valence-corrected chi connectivity index (χ4v) is 2.56. The predicted octanol–water partition coefficient (Wildman–Crippen LogP) is 3.47. The first-order valence-electron chi connectivity index (χ1n) is 7.82. The average Bonchev–Trinajstić information content (AvgIpc) is 2.45. The molecule has 2 atom stereocenters. The Morgan fingerprint density at radius 1 is 1.10 bits per heavy atom. The second-order valence-corrected chi connectivity index (χ2v) is 5.25. The lowest BCUT2D eigenvalue weighted by Crippen LogP contribution is -2.40. The number of benzene rings is 1. The fourth-order valence-electron chi connectivity index (χ4n) is 2.56. The van der Waals surface area contributed by atoms with E-state index >= 15 is 0 Å². The number of ether oxygens (including phenoxy) is 1. The minimum absolute atomic E-state index is 0.295. The Bertz CT molecular complexity index is 377.